The minimum absolute atomic E-state index is 0.131. The first-order valence-electron chi connectivity index (χ1n) is 5.27. The second-order valence-electron chi connectivity index (χ2n) is 3.91. The monoisotopic (exact) mass is 306 g/mol. The van der Waals surface area contributed by atoms with Gasteiger partial charge in [-0.2, -0.15) is 0 Å². The molecule has 0 fully saturated rings. The van der Waals surface area contributed by atoms with E-state index < -0.39 is 5.82 Å². The molecule has 5 heteroatoms. The van der Waals surface area contributed by atoms with Gasteiger partial charge in [-0.25, -0.2) is 9.37 Å². The second-order valence-corrected chi connectivity index (χ2v) is 4.82. The summed E-state index contributed by atoms with van der Waals surface area (Å²) in [5.41, 5.74) is 2.11. The number of fused-ring (bicyclic) bond motifs is 1. The van der Waals surface area contributed by atoms with E-state index in [4.69, 9.17) is 0 Å². The molecule has 1 heterocycles. The molecule has 0 aliphatic heterocycles. The summed E-state index contributed by atoms with van der Waals surface area (Å²) < 4.78 is 13.9. The third-order valence-corrected chi connectivity index (χ3v) is 3.15. The van der Waals surface area contributed by atoms with Crippen molar-refractivity contribution in [2.24, 2.45) is 0 Å². The summed E-state index contributed by atoms with van der Waals surface area (Å²) in [4.78, 5) is 7.45. The zero-order chi connectivity index (χ0) is 12.7. The predicted octanol–water partition coefficient (Wildman–Crippen LogP) is 3.84. The lowest BCUT2D eigenvalue weighted by molar-refractivity contribution is 0.471. The maximum Gasteiger partial charge on any atom is 0.142 e. The van der Waals surface area contributed by atoms with E-state index in [1.54, 1.807) is 0 Å². The van der Waals surface area contributed by atoms with Gasteiger partial charge < -0.3 is 10.1 Å². The first-order valence-corrected chi connectivity index (χ1v) is 6.07. The molecule has 0 saturated carbocycles. The molecule has 0 amide bonds. The van der Waals surface area contributed by atoms with Gasteiger partial charge in [-0.15, -0.1) is 0 Å². The van der Waals surface area contributed by atoms with Crippen LogP contribution in [0.1, 0.15) is 0 Å². The molecular formula is C13H8BrFN2O. The van der Waals surface area contributed by atoms with Crippen LogP contribution >= 0.6 is 15.9 Å². The molecule has 2 aromatic carbocycles. The quantitative estimate of drug-likeness (QED) is 0.717. The van der Waals surface area contributed by atoms with Crippen molar-refractivity contribution in [2.45, 2.75) is 0 Å². The van der Waals surface area contributed by atoms with E-state index in [0.29, 0.717) is 11.4 Å². The molecule has 3 nitrogen and oxygen atoms in total. The summed E-state index contributed by atoms with van der Waals surface area (Å²) >= 11 is 3.38. The van der Waals surface area contributed by atoms with Crippen LogP contribution in [0, 0.1) is 5.82 Å². The Balaban J connectivity index is 2.19. The van der Waals surface area contributed by atoms with Crippen molar-refractivity contribution in [3.05, 3.63) is 46.7 Å². The number of nitrogens with one attached hydrogen (secondary N) is 1. The second kappa shape index (κ2) is 4.10. The molecule has 0 aliphatic rings. The average Bonchev–Trinajstić information content (AvgIpc) is 2.71. The molecule has 0 unspecified atom stereocenters. The number of aromatic nitrogens is 2. The van der Waals surface area contributed by atoms with Gasteiger partial charge in [0, 0.05) is 10.5 Å². The molecule has 3 aromatic rings. The van der Waals surface area contributed by atoms with Gasteiger partial charge in [0.25, 0.3) is 0 Å². The highest BCUT2D eigenvalue weighted by atomic mass is 79.9. The molecule has 0 bridgehead atoms. The number of aromatic amines is 1. The van der Waals surface area contributed by atoms with Crippen LogP contribution in [0.3, 0.4) is 0 Å². The molecule has 0 radical (unpaired) electrons. The largest absolute Gasteiger partial charge is 0.507 e. The van der Waals surface area contributed by atoms with Gasteiger partial charge >= 0.3 is 0 Å². The van der Waals surface area contributed by atoms with Crippen molar-refractivity contribution in [1.82, 2.24) is 9.97 Å². The fourth-order valence-electron chi connectivity index (χ4n) is 1.81. The Morgan fingerprint density at radius 2 is 2.00 bits per heavy atom. The molecule has 0 atom stereocenters. The van der Waals surface area contributed by atoms with E-state index in [0.717, 1.165) is 21.6 Å². The van der Waals surface area contributed by atoms with Crippen molar-refractivity contribution in [3.63, 3.8) is 0 Å². The summed E-state index contributed by atoms with van der Waals surface area (Å²) in [5, 5.41) is 9.72. The van der Waals surface area contributed by atoms with Crippen LogP contribution in [0.25, 0.3) is 22.4 Å². The van der Waals surface area contributed by atoms with Gasteiger partial charge in [-0.3, -0.25) is 0 Å². The lowest BCUT2D eigenvalue weighted by Gasteiger charge is -2.00. The van der Waals surface area contributed by atoms with Crippen molar-refractivity contribution in [3.8, 4) is 17.1 Å². The van der Waals surface area contributed by atoms with Crippen LogP contribution in [0.15, 0.2) is 40.9 Å². The summed E-state index contributed by atoms with van der Waals surface area (Å²) in [6.45, 7) is 0. The Kier molecular flexibility index (Phi) is 2.56. The number of rotatable bonds is 1. The number of H-pyrrole nitrogens is 1. The van der Waals surface area contributed by atoms with Gasteiger partial charge in [-0.05, 0) is 30.3 Å². The number of nitrogens with zero attached hydrogens (tertiary/aromatic N) is 1. The smallest absolute Gasteiger partial charge is 0.142 e. The maximum absolute atomic E-state index is 12.9. The van der Waals surface area contributed by atoms with Crippen molar-refractivity contribution >= 4 is 27.0 Å². The van der Waals surface area contributed by atoms with Crippen LogP contribution in [0.2, 0.25) is 0 Å². The van der Waals surface area contributed by atoms with Gasteiger partial charge in [0.2, 0.25) is 0 Å². The van der Waals surface area contributed by atoms with Gasteiger partial charge in [-0.1, -0.05) is 15.9 Å². The van der Waals surface area contributed by atoms with Gasteiger partial charge in [0.1, 0.15) is 17.4 Å². The van der Waals surface area contributed by atoms with Crippen LogP contribution in [0.5, 0.6) is 5.75 Å². The zero-order valence-electron chi connectivity index (χ0n) is 9.11. The Morgan fingerprint density at radius 1 is 1.17 bits per heavy atom. The Bertz CT molecular complexity index is 739. The van der Waals surface area contributed by atoms with Gasteiger partial charge in [0.15, 0.2) is 0 Å². The van der Waals surface area contributed by atoms with Crippen molar-refractivity contribution in [1.29, 1.82) is 0 Å². The van der Waals surface area contributed by atoms with Crippen LogP contribution in [0.4, 0.5) is 4.39 Å². The average molecular weight is 307 g/mol. The fourth-order valence-corrected chi connectivity index (χ4v) is 2.18. The highest BCUT2D eigenvalue weighted by Crippen LogP contribution is 2.29. The standard InChI is InChI=1S/C13H8BrFN2O/c14-7-1-4-10-11(5-7)17-13(16-10)9-3-2-8(15)6-12(9)18/h1-6,18H,(H,16,17). The number of aromatic hydroxyl groups is 1. The molecule has 2 N–H and O–H groups in total. The lowest BCUT2D eigenvalue weighted by atomic mass is 10.2. The normalized spacial score (nSPS) is 11.0. The minimum Gasteiger partial charge on any atom is -0.507 e. The van der Waals surface area contributed by atoms with E-state index in [1.807, 2.05) is 18.2 Å². The van der Waals surface area contributed by atoms with E-state index in [9.17, 15) is 9.50 Å². The Morgan fingerprint density at radius 3 is 2.78 bits per heavy atom. The summed E-state index contributed by atoms with van der Waals surface area (Å²) in [5.74, 6) is -0.0937. The van der Waals surface area contributed by atoms with E-state index >= 15 is 0 Å². The van der Waals surface area contributed by atoms with Crippen molar-refractivity contribution in [2.75, 3.05) is 0 Å². The summed E-state index contributed by atoms with van der Waals surface area (Å²) in [6.07, 6.45) is 0. The first-order chi connectivity index (χ1) is 8.63. The maximum atomic E-state index is 12.9. The van der Waals surface area contributed by atoms with Gasteiger partial charge in [0.05, 0.1) is 16.6 Å². The first kappa shape index (κ1) is 11.2. The number of hydrogen-bond donors (Lipinski definition) is 2. The predicted molar refractivity (Wildman–Crippen MR) is 70.9 cm³/mol. The minimum atomic E-state index is -0.477. The fraction of sp³-hybridized carbons (Fsp3) is 0. The summed E-state index contributed by atoms with van der Waals surface area (Å²) in [7, 11) is 0. The van der Waals surface area contributed by atoms with E-state index in [-0.39, 0.29) is 5.75 Å². The number of phenols is 1. The third kappa shape index (κ3) is 1.86. The number of benzene rings is 2. The molecular weight excluding hydrogens is 299 g/mol. The number of halogens is 2. The van der Waals surface area contributed by atoms with Crippen LogP contribution in [-0.2, 0) is 0 Å². The topological polar surface area (TPSA) is 48.9 Å². The molecule has 0 saturated heterocycles. The Labute approximate surface area is 110 Å². The summed E-state index contributed by atoms with van der Waals surface area (Å²) in [6, 6.07) is 9.50. The van der Waals surface area contributed by atoms with Crippen LogP contribution in [-0.4, -0.2) is 15.1 Å². The third-order valence-electron chi connectivity index (χ3n) is 2.66. The highest BCUT2D eigenvalue weighted by molar-refractivity contribution is 9.10. The molecule has 3 rings (SSSR count). The molecule has 18 heavy (non-hydrogen) atoms. The lowest BCUT2D eigenvalue weighted by Crippen LogP contribution is -1.83. The molecule has 0 aliphatic carbocycles. The van der Waals surface area contributed by atoms with Crippen LogP contribution < -0.4 is 0 Å². The SMILES string of the molecule is Oc1cc(F)ccc1-c1nc2ccc(Br)cc2[nH]1. The highest BCUT2D eigenvalue weighted by Gasteiger charge is 2.10. The number of hydrogen-bond acceptors (Lipinski definition) is 2. The van der Waals surface area contributed by atoms with Crippen molar-refractivity contribution < 1.29 is 9.50 Å². The molecule has 1 aromatic heterocycles. The molecule has 90 valence electrons. The molecule has 0 spiro atoms. The van der Waals surface area contributed by atoms with E-state index in [2.05, 4.69) is 25.9 Å². The zero-order valence-corrected chi connectivity index (χ0v) is 10.7. The van der Waals surface area contributed by atoms with E-state index in [1.165, 1.54) is 12.1 Å². The number of imidazole rings is 1. The number of phenolic OH excluding ortho intramolecular Hbond substituents is 1. The Hall–Kier alpha value is -1.88.